The Morgan fingerprint density at radius 1 is 1.23 bits per heavy atom. The highest BCUT2D eigenvalue weighted by atomic mass is 16.1. The Labute approximate surface area is 172 Å². The van der Waals surface area contributed by atoms with Crippen molar-refractivity contribution in [2.45, 2.75) is 25.9 Å². The molecular weight excluding hydrogens is 382 g/mol. The summed E-state index contributed by atoms with van der Waals surface area (Å²) in [6.07, 6.45) is 6.03. The highest BCUT2D eigenvalue weighted by molar-refractivity contribution is 6.00. The average Bonchev–Trinajstić information content (AvgIpc) is 3.44. The fourth-order valence-electron chi connectivity index (χ4n) is 3.70. The quantitative estimate of drug-likeness (QED) is 0.468. The highest BCUT2D eigenvalue weighted by Gasteiger charge is 2.27. The molecule has 1 amide bonds. The van der Waals surface area contributed by atoms with Crippen LogP contribution in [0.2, 0.25) is 0 Å². The number of pyridine rings is 1. The van der Waals surface area contributed by atoms with Gasteiger partial charge in [-0.1, -0.05) is 6.07 Å². The molecule has 10 nitrogen and oxygen atoms in total. The molecule has 3 N–H and O–H groups in total. The first-order valence-corrected chi connectivity index (χ1v) is 9.71. The summed E-state index contributed by atoms with van der Waals surface area (Å²) in [4.78, 5) is 26.5. The van der Waals surface area contributed by atoms with E-state index in [-0.39, 0.29) is 11.9 Å². The number of nitrogens with zero attached hydrogens (tertiary/aromatic N) is 6. The van der Waals surface area contributed by atoms with Gasteiger partial charge < -0.3 is 20.5 Å². The first-order chi connectivity index (χ1) is 14.6. The van der Waals surface area contributed by atoms with E-state index >= 15 is 0 Å². The molecule has 1 aliphatic heterocycles. The van der Waals surface area contributed by atoms with Crippen molar-refractivity contribution in [3.8, 4) is 0 Å². The van der Waals surface area contributed by atoms with E-state index in [0.29, 0.717) is 28.7 Å². The summed E-state index contributed by atoms with van der Waals surface area (Å²) in [5.74, 6) is 2.59. The number of aryl methyl sites for hydroxylation is 2. The van der Waals surface area contributed by atoms with Crippen molar-refractivity contribution in [2.75, 3.05) is 17.7 Å². The van der Waals surface area contributed by atoms with E-state index in [1.165, 1.54) is 6.20 Å². The van der Waals surface area contributed by atoms with Gasteiger partial charge in [0.25, 0.3) is 5.91 Å². The van der Waals surface area contributed by atoms with Crippen LogP contribution in [0.1, 0.15) is 34.3 Å². The maximum absolute atomic E-state index is 13.0. The number of fused-ring (bicyclic) bond motifs is 2. The molecule has 0 spiro atoms. The number of carbonyl (C=O) groups excluding carboxylic acids is 1. The minimum atomic E-state index is -0.230. The fraction of sp³-hybridized carbons (Fsp3) is 0.250. The maximum atomic E-state index is 13.0. The van der Waals surface area contributed by atoms with Crippen LogP contribution in [0.25, 0.3) is 5.65 Å². The van der Waals surface area contributed by atoms with Gasteiger partial charge in [0.1, 0.15) is 28.8 Å². The van der Waals surface area contributed by atoms with E-state index in [1.54, 1.807) is 17.8 Å². The molecule has 4 aromatic rings. The van der Waals surface area contributed by atoms with Crippen molar-refractivity contribution in [1.29, 1.82) is 0 Å². The lowest BCUT2D eigenvalue weighted by Gasteiger charge is -2.12. The standard InChI is InChI=1S/C20H21N9O/c1-12-4-3-5-15(24-12)26-16-10-17(21-2)29-18(27-16)13(11-23-29)20(30)25-14-6-8-28-9-7-22-19(14)28/h3-5,7,9-11,14,21H,6,8H2,1-2H3,(H,25,30)(H,24,26,27). The summed E-state index contributed by atoms with van der Waals surface area (Å²) < 4.78 is 3.66. The van der Waals surface area contributed by atoms with Crippen LogP contribution in [0.4, 0.5) is 17.5 Å². The Bertz CT molecular complexity index is 1240. The van der Waals surface area contributed by atoms with E-state index in [4.69, 9.17) is 0 Å². The third-order valence-electron chi connectivity index (χ3n) is 5.14. The molecule has 0 fully saturated rings. The van der Waals surface area contributed by atoms with Crippen molar-refractivity contribution in [1.82, 2.24) is 34.4 Å². The largest absolute Gasteiger partial charge is 0.373 e. The van der Waals surface area contributed by atoms with E-state index in [0.717, 1.165) is 24.5 Å². The molecule has 10 heteroatoms. The SMILES string of the molecule is CNc1cc(Nc2cccc(C)n2)nc2c(C(=O)NC3CCn4ccnc43)cnn12. The minimum Gasteiger partial charge on any atom is -0.373 e. The van der Waals surface area contributed by atoms with Crippen LogP contribution in [0, 0.1) is 6.92 Å². The zero-order valence-electron chi connectivity index (χ0n) is 16.6. The predicted octanol–water partition coefficient (Wildman–Crippen LogP) is 2.29. The number of imidazole rings is 1. The average molecular weight is 403 g/mol. The summed E-state index contributed by atoms with van der Waals surface area (Å²) in [5, 5.41) is 13.7. The van der Waals surface area contributed by atoms with Crippen LogP contribution in [-0.4, -0.2) is 42.1 Å². The molecule has 0 aliphatic carbocycles. The van der Waals surface area contributed by atoms with E-state index < -0.39 is 0 Å². The topological polar surface area (TPSA) is 114 Å². The normalized spacial score (nSPS) is 15.2. The number of hydrogen-bond acceptors (Lipinski definition) is 7. The highest BCUT2D eigenvalue weighted by Crippen LogP contribution is 2.25. The van der Waals surface area contributed by atoms with Gasteiger partial charge in [-0.05, 0) is 25.5 Å². The lowest BCUT2D eigenvalue weighted by Crippen LogP contribution is -2.27. The Morgan fingerprint density at radius 2 is 2.13 bits per heavy atom. The lowest BCUT2D eigenvalue weighted by molar-refractivity contribution is 0.0937. The lowest BCUT2D eigenvalue weighted by atomic mass is 10.2. The summed E-state index contributed by atoms with van der Waals surface area (Å²) in [6, 6.07) is 7.41. The van der Waals surface area contributed by atoms with Crippen LogP contribution < -0.4 is 16.0 Å². The summed E-state index contributed by atoms with van der Waals surface area (Å²) in [5.41, 5.74) is 1.75. The van der Waals surface area contributed by atoms with E-state index in [1.807, 2.05) is 37.4 Å². The second kappa shape index (κ2) is 7.14. The molecule has 5 heterocycles. The molecule has 1 unspecified atom stereocenters. The summed E-state index contributed by atoms with van der Waals surface area (Å²) >= 11 is 0. The van der Waals surface area contributed by atoms with Crippen LogP contribution in [-0.2, 0) is 6.54 Å². The van der Waals surface area contributed by atoms with Crippen molar-refractivity contribution >= 4 is 29.0 Å². The smallest absolute Gasteiger partial charge is 0.257 e. The Kier molecular flexibility index (Phi) is 4.31. The number of anilines is 3. The van der Waals surface area contributed by atoms with Crippen LogP contribution >= 0.6 is 0 Å². The maximum Gasteiger partial charge on any atom is 0.257 e. The summed E-state index contributed by atoms with van der Waals surface area (Å²) in [6.45, 7) is 2.77. The van der Waals surface area contributed by atoms with Crippen LogP contribution in [0.3, 0.4) is 0 Å². The monoisotopic (exact) mass is 403 g/mol. The zero-order chi connectivity index (χ0) is 20.7. The molecule has 152 valence electrons. The molecule has 0 saturated carbocycles. The zero-order valence-corrected chi connectivity index (χ0v) is 16.6. The Hall–Kier alpha value is -3.95. The molecule has 5 rings (SSSR count). The van der Waals surface area contributed by atoms with Crippen molar-refractivity contribution < 1.29 is 4.79 Å². The van der Waals surface area contributed by atoms with Gasteiger partial charge in [-0.3, -0.25) is 4.79 Å². The van der Waals surface area contributed by atoms with Crippen molar-refractivity contribution in [3.63, 3.8) is 0 Å². The number of amides is 1. The molecule has 0 aromatic carbocycles. The predicted molar refractivity (Wildman–Crippen MR) is 112 cm³/mol. The third kappa shape index (κ3) is 3.11. The van der Waals surface area contributed by atoms with Crippen LogP contribution in [0.15, 0.2) is 42.9 Å². The first-order valence-electron chi connectivity index (χ1n) is 9.71. The number of rotatable bonds is 5. The second-order valence-electron chi connectivity index (χ2n) is 7.15. The van der Waals surface area contributed by atoms with Gasteiger partial charge in [-0.2, -0.15) is 9.61 Å². The second-order valence-corrected chi connectivity index (χ2v) is 7.15. The Morgan fingerprint density at radius 3 is 2.97 bits per heavy atom. The Balaban J connectivity index is 1.47. The van der Waals surface area contributed by atoms with Gasteiger partial charge in [0.2, 0.25) is 0 Å². The van der Waals surface area contributed by atoms with Gasteiger partial charge in [0.05, 0.1) is 12.2 Å². The molecule has 30 heavy (non-hydrogen) atoms. The fourth-order valence-corrected chi connectivity index (χ4v) is 3.70. The molecule has 4 aromatic heterocycles. The molecule has 0 bridgehead atoms. The first kappa shape index (κ1) is 18.1. The van der Waals surface area contributed by atoms with Crippen LogP contribution in [0.5, 0.6) is 0 Å². The molecule has 1 aliphatic rings. The number of nitrogens with one attached hydrogen (secondary N) is 3. The third-order valence-corrected chi connectivity index (χ3v) is 5.14. The van der Waals surface area contributed by atoms with E-state index in [9.17, 15) is 4.79 Å². The number of carbonyl (C=O) groups is 1. The molecule has 0 saturated heterocycles. The van der Waals surface area contributed by atoms with Gasteiger partial charge in [0.15, 0.2) is 5.65 Å². The van der Waals surface area contributed by atoms with Gasteiger partial charge >= 0.3 is 0 Å². The van der Waals surface area contributed by atoms with E-state index in [2.05, 4.69) is 40.6 Å². The number of aromatic nitrogens is 6. The minimum absolute atomic E-state index is 0.121. The van der Waals surface area contributed by atoms with Crippen molar-refractivity contribution in [2.24, 2.45) is 0 Å². The van der Waals surface area contributed by atoms with Gasteiger partial charge in [-0.25, -0.2) is 15.0 Å². The molecular formula is C20H21N9O. The van der Waals surface area contributed by atoms with Crippen molar-refractivity contribution in [3.05, 3.63) is 59.9 Å². The number of hydrogen-bond donors (Lipinski definition) is 3. The van der Waals surface area contributed by atoms with Gasteiger partial charge in [-0.15, -0.1) is 0 Å². The molecule has 1 atom stereocenters. The summed E-state index contributed by atoms with van der Waals surface area (Å²) in [7, 11) is 1.79. The molecule has 0 radical (unpaired) electrons. The van der Waals surface area contributed by atoms with Gasteiger partial charge in [0, 0.05) is 37.7 Å².